The van der Waals surface area contributed by atoms with Crippen LogP contribution in [0.1, 0.15) is 15.9 Å². The molecule has 2 aromatic heterocycles. The molecule has 0 saturated carbocycles. The summed E-state index contributed by atoms with van der Waals surface area (Å²) in [5.41, 5.74) is 0.893. The number of fused-ring (bicyclic) bond motifs is 1. The molecule has 0 saturated heterocycles. The number of aldehydes is 1. The molecule has 6 heteroatoms. The molecule has 4 rings (SSSR count). The predicted molar refractivity (Wildman–Crippen MR) is 101 cm³/mol. The molecule has 2 heterocycles. The molecule has 0 fully saturated rings. The van der Waals surface area contributed by atoms with Gasteiger partial charge in [-0.2, -0.15) is 13.2 Å². The van der Waals surface area contributed by atoms with Crippen molar-refractivity contribution in [2.24, 2.45) is 0 Å². The van der Waals surface area contributed by atoms with Crippen LogP contribution in [0.3, 0.4) is 0 Å². The lowest BCUT2D eigenvalue weighted by molar-refractivity contribution is -0.137. The molecule has 0 aliphatic carbocycles. The molecule has 0 radical (unpaired) electrons. The van der Waals surface area contributed by atoms with Crippen molar-refractivity contribution in [2.75, 3.05) is 0 Å². The van der Waals surface area contributed by atoms with E-state index in [0.717, 1.165) is 5.39 Å². The van der Waals surface area contributed by atoms with Crippen LogP contribution in [-0.2, 0) is 6.18 Å². The van der Waals surface area contributed by atoms with Crippen molar-refractivity contribution >= 4 is 27.8 Å². The quantitative estimate of drug-likeness (QED) is 0.380. The van der Waals surface area contributed by atoms with E-state index in [4.69, 9.17) is 0 Å². The number of alkyl halides is 3. The van der Waals surface area contributed by atoms with Gasteiger partial charge in [-0.25, -0.2) is 4.98 Å². The van der Waals surface area contributed by atoms with Crippen molar-refractivity contribution in [1.29, 1.82) is 0 Å². The Kier molecular flexibility index (Phi) is 4.28. The van der Waals surface area contributed by atoms with Crippen LogP contribution in [0.4, 0.5) is 13.2 Å². The number of carbonyl (C=O) groups excluding carboxylic acids is 1. The number of halogens is 3. The Labute approximate surface area is 156 Å². The molecule has 0 aliphatic heterocycles. The largest absolute Gasteiger partial charge is 0.417 e. The number of benzene rings is 2. The van der Waals surface area contributed by atoms with Gasteiger partial charge in [0.05, 0.1) is 5.56 Å². The standard InChI is InChI=1S/C21H12F3NOS/c22-21(23,24)18-9-15(6-7-17(18)14-4-2-1-3-5-14)19-10-16-8-13(12-26)11-25-20(16)27-19/h1-12H. The number of aromatic nitrogens is 1. The maximum absolute atomic E-state index is 13.7. The zero-order valence-electron chi connectivity index (χ0n) is 13.8. The fourth-order valence-corrected chi connectivity index (χ4v) is 3.94. The summed E-state index contributed by atoms with van der Waals surface area (Å²) in [5, 5.41) is 0.736. The van der Waals surface area contributed by atoms with Crippen LogP contribution in [0, 0.1) is 0 Å². The van der Waals surface area contributed by atoms with E-state index in [1.807, 2.05) is 0 Å². The topological polar surface area (TPSA) is 30.0 Å². The fourth-order valence-electron chi connectivity index (χ4n) is 2.96. The van der Waals surface area contributed by atoms with Crippen molar-refractivity contribution in [3.05, 3.63) is 78.0 Å². The van der Waals surface area contributed by atoms with Crippen LogP contribution in [0.15, 0.2) is 66.9 Å². The summed E-state index contributed by atoms with van der Waals surface area (Å²) in [6.07, 6.45) is -2.32. The van der Waals surface area contributed by atoms with E-state index >= 15 is 0 Å². The van der Waals surface area contributed by atoms with Crippen LogP contribution in [0.25, 0.3) is 31.8 Å². The first kappa shape index (κ1) is 17.4. The summed E-state index contributed by atoms with van der Waals surface area (Å²) in [5.74, 6) is 0. The Bertz CT molecular complexity index is 1130. The third-order valence-corrected chi connectivity index (χ3v) is 5.33. The Morgan fingerprint density at radius 3 is 2.41 bits per heavy atom. The highest BCUT2D eigenvalue weighted by molar-refractivity contribution is 7.21. The number of nitrogens with zero attached hydrogens (tertiary/aromatic N) is 1. The second-order valence-corrected chi connectivity index (χ2v) is 7.05. The van der Waals surface area contributed by atoms with Crippen molar-refractivity contribution < 1.29 is 18.0 Å². The smallest absolute Gasteiger partial charge is 0.298 e. The minimum absolute atomic E-state index is 0.148. The number of pyridine rings is 1. The first-order chi connectivity index (χ1) is 13.0. The summed E-state index contributed by atoms with van der Waals surface area (Å²) in [6, 6.07) is 16.3. The van der Waals surface area contributed by atoms with E-state index in [1.165, 1.54) is 29.7 Å². The molecule has 134 valence electrons. The molecule has 0 amide bonds. The Balaban J connectivity index is 1.86. The molecule has 0 bridgehead atoms. The average molecular weight is 383 g/mol. The van der Waals surface area contributed by atoms with Gasteiger partial charge < -0.3 is 0 Å². The minimum Gasteiger partial charge on any atom is -0.298 e. The second kappa shape index (κ2) is 6.63. The molecule has 0 N–H and O–H groups in total. The van der Waals surface area contributed by atoms with E-state index in [1.54, 1.807) is 48.5 Å². The highest BCUT2D eigenvalue weighted by Crippen LogP contribution is 2.41. The molecule has 4 aromatic rings. The number of hydrogen-bond donors (Lipinski definition) is 0. The lowest BCUT2D eigenvalue weighted by Gasteiger charge is -2.14. The number of rotatable bonds is 3. The maximum Gasteiger partial charge on any atom is 0.417 e. The van der Waals surface area contributed by atoms with Crippen molar-refractivity contribution in [3.63, 3.8) is 0 Å². The van der Waals surface area contributed by atoms with Gasteiger partial charge in [0.15, 0.2) is 6.29 Å². The van der Waals surface area contributed by atoms with Crippen molar-refractivity contribution in [3.8, 4) is 21.6 Å². The van der Waals surface area contributed by atoms with Gasteiger partial charge in [-0.15, -0.1) is 11.3 Å². The minimum atomic E-state index is -4.47. The highest BCUT2D eigenvalue weighted by atomic mass is 32.1. The zero-order chi connectivity index (χ0) is 19.0. The van der Waals surface area contributed by atoms with Crippen LogP contribution in [0.2, 0.25) is 0 Å². The van der Waals surface area contributed by atoms with E-state index < -0.39 is 11.7 Å². The molecular formula is C21H12F3NOS. The van der Waals surface area contributed by atoms with Gasteiger partial charge in [0.1, 0.15) is 4.83 Å². The molecule has 0 unspecified atom stereocenters. The second-order valence-electron chi connectivity index (χ2n) is 6.02. The average Bonchev–Trinajstić information content (AvgIpc) is 3.10. The number of thiophene rings is 1. The molecule has 2 nitrogen and oxygen atoms in total. The van der Waals surface area contributed by atoms with Crippen molar-refractivity contribution in [2.45, 2.75) is 6.18 Å². The van der Waals surface area contributed by atoms with Crippen molar-refractivity contribution in [1.82, 2.24) is 4.98 Å². The van der Waals surface area contributed by atoms with E-state index in [9.17, 15) is 18.0 Å². The summed E-state index contributed by atoms with van der Waals surface area (Å²) < 4.78 is 41.1. The van der Waals surface area contributed by atoms with Gasteiger partial charge in [0.25, 0.3) is 0 Å². The third-order valence-electron chi connectivity index (χ3n) is 4.22. The molecule has 2 aromatic carbocycles. The van der Waals surface area contributed by atoms with Crippen LogP contribution < -0.4 is 0 Å². The monoisotopic (exact) mass is 383 g/mol. The van der Waals surface area contributed by atoms with E-state index in [2.05, 4.69) is 4.98 Å². The van der Waals surface area contributed by atoms with Gasteiger partial charge in [0.2, 0.25) is 0 Å². The number of hydrogen-bond acceptors (Lipinski definition) is 3. The van der Waals surface area contributed by atoms with Gasteiger partial charge >= 0.3 is 6.18 Å². The molecule has 0 aliphatic rings. The Hall–Kier alpha value is -2.99. The number of carbonyl (C=O) groups is 1. The lowest BCUT2D eigenvalue weighted by Crippen LogP contribution is -2.07. The summed E-state index contributed by atoms with van der Waals surface area (Å²) in [7, 11) is 0. The summed E-state index contributed by atoms with van der Waals surface area (Å²) in [6.45, 7) is 0. The molecular weight excluding hydrogens is 371 g/mol. The highest BCUT2D eigenvalue weighted by Gasteiger charge is 2.34. The Morgan fingerprint density at radius 1 is 0.926 bits per heavy atom. The molecule has 0 spiro atoms. The van der Waals surface area contributed by atoms with Gasteiger partial charge in [0, 0.05) is 22.0 Å². The van der Waals surface area contributed by atoms with Gasteiger partial charge in [-0.3, -0.25) is 4.79 Å². The van der Waals surface area contributed by atoms with Crippen LogP contribution in [0.5, 0.6) is 0 Å². The normalized spacial score (nSPS) is 11.7. The Morgan fingerprint density at radius 2 is 1.70 bits per heavy atom. The third kappa shape index (κ3) is 3.36. The van der Waals surface area contributed by atoms with Gasteiger partial charge in [-0.1, -0.05) is 42.5 Å². The first-order valence-corrected chi connectivity index (χ1v) is 8.89. The fraction of sp³-hybridized carbons (Fsp3) is 0.0476. The van der Waals surface area contributed by atoms with Crippen LogP contribution >= 0.6 is 11.3 Å². The lowest BCUT2D eigenvalue weighted by atomic mass is 9.96. The SMILES string of the molecule is O=Cc1cnc2sc(-c3ccc(-c4ccccc4)c(C(F)(F)F)c3)cc2c1. The predicted octanol–water partition coefficient (Wildman–Crippen LogP) is 6.46. The summed E-state index contributed by atoms with van der Waals surface area (Å²) in [4.78, 5) is 16.4. The first-order valence-electron chi connectivity index (χ1n) is 8.07. The maximum atomic E-state index is 13.7. The van der Waals surface area contributed by atoms with Crippen LogP contribution in [-0.4, -0.2) is 11.3 Å². The van der Waals surface area contributed by atoms with E-state index in [-0.39, 0.29) is 5.56 Å². The van der Waals surface area contributed by atoms with Gasteiger partial charge in [-0.05, 0) is 34.9 Å². The van der Waals surface area contributed by atoms with E-state index in [0.29, 0.717) is 32.7 Å². The molecule has 27 heavy (non-hydrogen) atoms. The molecule has 0 atom stereocenters. The summed E-state index contributed by atoms with van der Waals surface area (Å²) >= 11 is 1.30. The zero-order valence-corrected chi connectivity index (χ0v) is 14.6.